The molecule has 3 unspecified atom stereocenters. The van der Waals surface area contributed by atoms with Crippen molar-refractivity contribution >= 4 is 45.8 Å². The van der Waals surface area contributed by atoms with E-state index in [4.69, 9.17) is 11.6 Å². The van der Waals surface area contributed by atoms with Gasteiger partial charge in [-0.1, -0.05) is 11.6 Å². The first kappa shape index (κ1) is 23.1. The third kappa shape index (κ3) is 4.07. The smallest absolute Gasteiger partial charge is 0.315 e. The zero-order valence-corrected chi connectivity index (χ0v) is 18.7. The summed E-state index contributed by atoms with van der Waals surface area (Å²) in [5.41, 5.74) is 1.30. The van der Waals surface area contributed by atoms with Crippen LogP contribution in [0.5, 0.6) is 0 Å². The van der Waals surface area contributed by atoms with Gasteiger partial charge in [0.05, 0.1) is 34.9 Å². The molecule has 3 heterocycles. The number of nitrogens with zero attached hydrogens (tertiary/aromatic N) is 3. The van der Waals surface area contributed by atoms with Gasteiger partial charge in [0, 0.05) is 28.3 Å². The Balaban J connectivity index is 1.54. The largest absolute Gasteiger partial charge is 0.344 e. The first-order valence-corrected chi connectivity index (χ1v) is 10.9. The van der Waals surface area contributed by atoms with Crippen molar-refractivity contribution in [3.05, 3.63) is 47.1 Å². The van der Waals surface area contributed by atoms with Crippen molar-refractivity contribution in [3.63, 3.8) is 0 Å². The molecule has 0 spiro atoms. The second-order valence-corrected chi connectivity index (χ2v) is 8.64. The molecular weight excluding hydrogens is 492 g/mol. The Morgan fingerprint density at radius 2 is 2.03 bits per heavy atom. The lowest BCUT2D eigenvalue weighted by molar-refractivity contribution is -0.132. The number of pyridine rings is 1. The number of aromatic amines is 1. The van der Waals surface area contributed by atoms with E-state index in [1.165, 1.54) is 19.3 Å². The van der Waals surface area contributed by atoms with Crippen molar-refractivity contribution in [2.75, 3.05) is 5.32 Å². The van der Waals surface area contributed by atoms with Gasteiger partial charge in [0.1, 0.15) is 17.6 Å². The molecule has 182 valence electrons. The van der Waals surface area contributed by atoms with Crippen molar-refractivity contribution in [1.82, 2.24) is 24.9 Å². The minimum absolute atomic E-state index is 0.111. The quantitative estimate of drug-likeness (QED) is 0.336. The molecule has 3 atom stereocenters. The molecule has 1 fully saturated rings. The SMILES string of the molecule is CC(NC(=O)C(F)F)c1c(F)c(Cl)c(-c2ccc3nc(NC(=O)C4CC4F)cn3c2)c2cn[nH]c12. The molecule has 2 amide bonds. The molecule has 0 saturated heterocycles. The molecule has 1 aromatic carbocycles. The number of alkyl halides is 3. The first-order valence-electron chi connectivity index (χ1n) is 10.5. The molecule has 13 heteroatoms. The van der Waals surface area contributed by atoms with Crippen molar-refractivity contribution < 1.29 is 27.2 Å². The normalized spacial score (nSPS) is 18.3. The highest BCUT2D eigenvalue weighted by atomic mass is 35.5. The number of benzene rings is 1. The maximum atomic E-state index is 15.4. The van der Waals surface area contributed by atoms with Crippen LogP contribution in [0.25, 0.3) is 27.7 Å². The highest BCUT2D eigenvalue weighted by molar-refractivity contribution is 6.35. The molecule has 1 aliphatic carbocycles. The number of nitrogens with one attached hydrogen (secondary N) is 3. The second-order valence-electron chi connectivity index (χ2n) is 8.26. The van der Waals surface area contributed by atoms with Gasteiger partial charge in [0.2, 0.25) is 5.91 Å². The summed E-state index contributed by atoms with van der Waals surface area (Å²) in [6, 6.07) is 2.14. The predicted octanol–water partition coefficient (Wildman–Crippen LogP) is 4.41. The van der Waals surface area contributed by atoms with Gasteiger partial charge >= 0.3 is 6.43 Å². The van der Waals surface area contributed by atoms with E-state index in [0.29, 0.717) is 16.6 Å². The Hall–Kier alpha value is -3.67. The molecular formula is C22H17ClF4N6O2. The maximum Gasteiger partial charge on any atom is 0.315 e. The average molecular weight is 509 g/mol. The Kier molecular flexibility index (Phi) is 5.62. The fourth-order valence-corrected chi connectivity index (χ4v) is 4.34. The summed E-state index contributed by atoms with van der Waals surface area (Å²) in [6.07, 6.45) is 0.346. The number of carbonyl (C=O) groups is 2. The van der Waals surface area contributed by atoms with E-state index in [9.17, 15) is 22.8 Å². The molecule has 1 saturated carbocycles. The number of hydrogen-bond acceptors (Lipinski definition) is 4. The molecule has 4 aromatic rings. The molecule has 0 bridgehead atoms. The van der Waals surface area contributed by atoms with Gasteiger partial charge in [-0.05, 0) is 25.5 Å². The number of fused-ring (bicyclic) bond motifs is 2. The summed E-state index contributed by atoms with van der Waals surface area (Å²) >= 11 is 6.40. The highest BCUT2D eigenvalue weighted by Gasteiger charge is 2.43. The summed E-state index contributed by atoms with van der Waals surface area (Å²) in [5, 5.41) is 11.3. The first-order chi connectivity index (χ1) is 16.7. The minimum Gasteiger partial charge on any atom is -0.344 e. The number of carbonyl (C=O) groups excluding carboxylic acids is 2. The molecule has 5 rings (SSSR count). The van der Waals surface area contributed by atoms with Gasteiger partial charge in [-0.15, -0.1) is 0 Å². The topological polar surface area (TPSA) is 104 Å². The van der Waals surface area contributed by atoms with Crippen molar-refractivity contribution in [2.24, 2.45) is 5.92 Å². The van der Waals surface area contributed by atoms with Crippen LogP contribution >= 0.6 is 11.6 Å². The average Bonchev–Trinajstić information content (AvgIpc) is 3.17. The number of aromatic nitrogens is 4. The summed E-state index contributed by atoms with van der Waals surface area (Å²) in [6.45, 7) is 1.36. The summed E-state index contributed by atoms with van der Waals surface area (Å²) in [7, 11) is 0. The monoisotopic (exact) mass is 508 g/mol. The minimum atomic E-state index is -3.26. The molecule has 3 N–H and O–H groups in total. The van der Waals surface area contributed by atoms with Gasteiger partial charge < -0.3 is 15.0 Å². The van der Waals surface area contributed by atoms with Gasteiger partial charge in [0.25, 0.3) is 5.91 Å². The molecule has 8 nitrogen and oxygen atoms in total. The lowest BCUT2D eigenvalue weighted by Gasteiger charge is -2.18. The molecule has 0 radical (unpaired) electrons. The van der Waals surface area contributed by atoms with Crippen LogP contribution in [-0.2, 0) is 9.59 Å². The summed E-state index contributed by atoms with van der Waals surface area (Å²) < 4.78 is 55.5. The molecule has 0 aliphatic heterocycles. The number of halogens is 5. The zero-order valence-electron chi connectivity index (χ0n) is 18.0. The van der Waals surface area contributed by atoms with E-state index in [2.05, 4.69) is 25.8 Å². The van der Waals surface area contributed by atoms with Gasteiger partial charge in [0.15, 0.2) is 5.82 Å². The van der Waals surface area contributed by atoms with Crippen LogP contribution in [0.1, 0.15) is 24.9 Å². The van der Waals surface area contributed by atoms with Crippen molar-refractivity contribution in [3.8, 4) is 11.1 Å². The summed E-state index contributed by atoms with van der Waals surface area (Å²) in [5.74, 6) is -3.32. The standard InChI is InChI=1S/C22H17ClF4N6O2/c1-8(29-22(35)20(26)27)15-18(25)17(23)16(11-5-28-32-19(11)15)9-2-3-14-30-13(7-33(14)6-9)31-21(34)10-4-12(10)24/h2-3,5-8,10,12,20H,4H2,1H3,(H,28,32)(H,29,35)(H,31,34). The maximum absolute atomic E-state index is 15.4. The van der Waals surface area contributed by atoms with E-state index in [1.807, 2.05) is 0 Å². The van der Waals surface area contributed by atoms with Crippen LogP contribution in [0.3, 0.4) is 0 Å². The van der Waals surface area contributed by atoms with Crippen LogP contribution in [0.2, 0.25) is 5.02 Å². The van der Waals surface area contributed by atoms with Crippen LogP contribution in [0.15, 0.2) is 30.7 Å². The Morgan fingerprint density at radius 3 is 2.71 bits per heavy atom. The van der Waals surface area contributed by atoms with Crippen LogP contribution in [0.4, 0.5) is 23.4 Å². The van der Waals surface area contributed by atoms with Crippen molar-refractivity contribution in [2.45, 2.75) is 32.0 Å². The third-order valence-electron chi connectivity index (χ3n) is 5.86. The van der Waals surface area contributed by atoms with Crippen LogP contribution < -0.4 is 10.6 Å². The number of hydrogen-bond donors (Lipinski definition) is 3. The van der Waals surface area contributed by atoms with E-state index >= 15 is 4.39 Å². The third-order valence-corrected chi connectivity index (χ3v) is 6.21. The number of H-pyrrole nitrogens is 1. The predicted molar refractivity (Wildman–Crippen MR) is 119 cm³/mol. The van der Waals surface area contributed by atoms with Gasteiger partial charge in [-0.25, -0.2) is 13.8 Å². The number of rotatable bonds is 6. The lowest BCUT2D eigenvalue weighted by Crippen LogP contribution is -2.32. The van der Waals surface area contributed by atoms with E-state index in [-0.39, 0.29) is 33.9 Å². The fourth-order valence-electron chi connectivity index (χ4n) is 4.03. The number of imidazole rings is 1. The number of anilines is 1. The Labute approximate surface area is 199 Å². The van der Waals surface area contributed by atoms with Crippen molar-refractivity contribution in [1.29, 1.82) is 0 Å². The van der Waals surface area contributed by atoms with Gasteiger partial charge in [-0.2, -0.15) is 13.9 Å². The fraction of sp³-hybridized carbons (Fsp3) is 0.273. The van der Waals surface area contributed by atoms with E-state index in [0.717, 1.165) is 0 Å². The number of amides is 2. The molecule has 35 heavy (non-hydrogen) atoms. The van der Waals surface area contributed by atoms with Crippen LogP contribution in [-0.4, -0.2) is 44.0 Å². The molecule has 3 aromatic heterocycles. The van der Waals surface area contributed by atoms with E-state index < -0.39 is 42.2 Å². The highest BCUT2D eigenvalue weighted by Crippen LogP contribution is 2.41. The van der Waals surface area contributed by atoms with Crippen LogP contribution in [0, 0.1) is 11.7 Å². The van der Waals surface area contributed by atoms with Gasteiger partial charge in [-0.3, -0.25) is 14.7 Å². The Morgan fingerprint density at radius 1 is 1.29 bits per heavy atom. The molecule has 1 aliphatic rings. The second kappa shape index (κ2) is 8.52. The van der Waals surface area contributed by atoms with E-state index in [1.54, 1.807) is 22.7 Å². The zero-order chi connectivity index (χ0) is 25.0. The lowest BCUT2D eigenvalue weighted by atomic mass is 9.96. The Bertz CT molecular complexity index is 1490. The summed E-state index contributed by atoms with van der Waals surface area (Å²) in [4.78, 5) is 27.7.